The van der Waals surface area contributed by atoms with Crippen LogP contribution in [0.4, 0.5) is 5.69 Å². The Morgan fingerprint density at radius 2 is 1.66 bits per heavy atom. The number of benzene rings is 3. The number of amides is 1. The van der Waals surface area contributed by atoms with Crippen LogP contribution in [0.15, 0.2) is 88.4 Å². The molecule has 0 saturated carbocycles. The first-order valence-corrected chi connectivity index (χ1v) is 11.6. The van der Waals surface area contributed by atoms with Crippen molar-refractivity contribution in [2.75, 3.05) is 5.01 Å². The Labute approximate surface area is 195 Å². The van der Waals surface area contributed by atoms with E-state index in [9.17, 15) is 13.2 Å². The zero-order valence-corrected chi connectivity index (χ0v) is 19.0. The van der Waals surface area contributed by atoms with Crippen molar-refractivity contribution in [3.8, 4) is 5.75 Å². The van der Waals surface area contributed by atoms with Crippen LogP contribution in [0.25, 0.3) is 6.08 Å². The third kappa shape index (κ3) is 4.55. The highest BCUT2D eigenvalue weighted by Crippen LogP contribution is 2.31. The summed E-state index contributed by atoms with van der Waals surface area (Å²) in [5.41, 5.74) is 2.22. The summed E-state index contributed by atoms with van der Waals surface area (Å²) in [6.07, 6.45) is 1.65. The molecule has 1 heterocycles. The van der Waals surface area contributed by atoms with E-state index in [1.165, 1.54) is 41.4 Å². The van der Waals surface area contributed by atoms with Crippen LogP contribution in [0.1, 0.15) is 12.5 Å². The molecule has 162 valence electrons. The average molecular weight is 487 g/mol. The van der Waals surface area contributed by atoms with Gasteiger partial charge >= 0.3 is 10.1 Å². The van der Waals surface area contributed by atoms with Crippen LogP contribution in [0.3, 0.4) is 0 Å². The molecule has 0 aromatic heterocycles. The van der Waals surface area contributed by atoms with Gasteiger partial charge in [-0.25, -0.2) is 0 Å². The van der Waals surface area contributed by atoms with Crippen LogP contribution >= 0.6 is 23.2 Å². The summed E-state index contributed by atoms with van der Waals surface area (Å²) in [6.45, 7) is 1.74. The summed E-state index contributed by atoms with van der Waals surface area (Å²) in [5.74, 6) is -0.298. The molecule has 0 unspecified atom stereocenters. The van der Waals surface area contributed by atoms with Gasteiger partial charge in [-0.3, -0.25) is 4.79 Å². The second-order valence-corrected chi connectivity index (χ2v) is 9.27. The molecule has 0 N–H and O–H groups in total. The van der Waals surface area contributed by atoms with Gasteiger partial charge in [-0.2, -0.15) is 18.5 Å². The van der Waals surface area contributed by atoms with E-state index in [0.29, 0.717) is 27.6 Å². The van der Waals surface area contributed by atoms with Crippen LogP contribution in [-0.2, 0) is 14.9 Å². The lowest BCUT2D eigenvalue weighted by atomic mass is 10.1. The first-order chi connectivity index (χ1) is 15.2. The lowest BCUT2D eigenvalue weighted by Crippen LogP contribution is -2.21. The normalized spacial score (nSPS) is 15.2. The Hall–Kier alpha value is -3.13. The van der Waals surface area contributed by atoms with Crippen molar-refractivity contribution in [2.45, 2.75) is 11.8 Å². The van der Waals surface area contributed by atoms with E-state index in [0.717, 1.165) is 0 Å². The molecule has 0 atom stereocenters. The molecule has 9 heteroatoms. The largest absolute Gasteiger partial charge is 0.377 e. The minimum Gasteiger partial charge on any atom is -0.377 e. The zero-order chi connectivity index (χ0) is 22.9. The van der Waals surface area contributed by atoms with Gasteiger partial charge in [0.25, 0.3) is 5.91 Å². The monoisotopic (exact) mass is 486 g/mol. The molecular weight excluding hydrogens is 471 g/mol. The maximum absolute atomic E-state index is 12.8. The Morgan fingerprint density at radius 1 is 0.969 bits per heavy atom. The second-order valence-electron chi connectivity index (χ2n) is 6.88. The fourth-order valence-electron chi connectivity index (χ4n) is 3.04. The molecule has 0 fully saturated rings. The molecule has 0 aliphatic carbocycles. The van der Waals surface area contributed by atoms with E-state index in [-0.39, 0.29) is 21.6 Å². The molecule has 3 aromatic carbocycles. The number of rotatable bonds is 5. The summed E-state index contributed by atoms with van der Waals surface area (Å²) in [5, 5.41) is 6.15. The van der Waals surface area contributed by atoms with Crippen LogP contribution in [0.5, 0.6) is 5.75 Å². The third-order valence-electron chi connectivity index (χ3n) is 4.63. The van der Waals surface area contributed by atoms with E-state index in [1.54, 1.807) is 31.2 Å². The molecule has 1 amide bonds. The molecule has 4 rings (SSSR count). The minimum absolute atomic E-state index is 0.0298. The smallest absolute Gasteiger partial charge is 0.339 e. The number of anilines is 1. The Kier molecular flexibility index (Phi) is 6.06. The van der Waals surface area contributed by atoms with Crippen LogP contribution in [-0.4, -0.2) is 20.0 Å². The summed E-state index contributed by atoms with van der Waals surface area (Å²) < 4.78 is 30.1. The molecule has 0 bridgehead atoms. The summed E-state index contributed by atoms with van der Waals surface area (Å²) in [6, 6.07) is 19.3. The first kappa shape index (κ1) is 22.1. The van der Waals surface area contributed by atoms with E-state index in [4.69, 9.17) is 27.4 Å². The molecule has 1 aliphatic heterocycles. The van der Waals surface area contributed by atoms with E-state index < -0.39 is 10.1 Å². The van der Waals surface area contributed by atoms with Gasteiger partial charge in [0.2, 0.25) is 0 Å². The zero-order valence-electron chi connectivity index (χ0n) is 16.7. The van der Waals surface area contributed by atoms with Crippen molar-refractivity contribution in [1.82, 2.24) is 0 Å². The average Bonchev–Trinajstić information content (AvgIpc) is 3.05. The van der Waals surface area contributed by atoms with Gasteiger partial charge in [0.15, 0.2) is 5.75 Å². The number of carbonyl (C=O) groups excluding carboxylic acids is 1. The SMILES string of the molecule is CC1=NN(c2ccccc2)C(=O)/C1=C/c1ccc(OS(=O)(=O)c2ccc(Cl)cc2)c(Cl)c1. The highest BCUT2D eigenvalue weighted by Gasteiger charge is 2.28. The summed E-state index contributed by atoms with van der Waals surface area (Å²) in [4.78, 5) is 12.8. The van der Waals surface area contributed by atoms with Crippen molar-refractivity contribution in [3.05, 3.63) is 94.0 Å². The number of para-hydroxylation sites is 1. The Balaban J connectivity index is 1.57. The number of carbonyl (C=O) groups is 1. The van der Waals surface area contributed by atoms with Gasteiger partial charge in [0.05, 0.1) is 22.0 Å². The number of hydrazone groups is 1. The third-order valence-corrected chi connectivity index (χ3v) is 6.43. The van der Waals surface area contributed by atoms with Gasteiger partial charge in [0.1, 0.15) is 4.90 Å². The lowest BCUT2D eigenvalue weighted by molar-refractivity contribution is -0.114. The van der Waals surface area contributed by atoms with Gasteiger partial charge in [-0.05, 0) is 67.1 Å². The molecule has 6 nitrogen and oxygen atoms in total. The van der Waals surface area contributed by atoms with Gasteiger partial charge in [-0.1, -0.05) is 47.5 Å². The fraction of sp³-hybridized carbons (Fsp3) is 0.0435. The minimum atomic E-state index is -4.08. The van der Waals surface area contributed by atoms with Crippen molar-refractivity contribution in [1.29, 1.82) is 0 Å². The first-order valence-electron chi connectivity index (χ1n) is 9.41. The predicted octanol–water partition coefficient (Wildman–Crippen LogP) is 5.57. The number of hydrogen-bond acceptors (Lipinski definition) is 5. The van der Waals surface area contributed by atoms with Gasteiger partial charge < -0.3 is 4.18 Å². The van der Waals surface area contributed by atoms with Gasteiger partial charge in [-0.15, -0.1) is 0 Å². The highest BCUT2D eigenvalue weighted by molar-refractivity contribution is 7.87. The molecule has 32 heavy (non-hydrogen) atoms. The second kappa shape index (κ2) is 8.78. The fourth-order valence-corrected chi connectivity index (χ4v) is 4.38. The van der Waals surface area contributed by atoms with E-state index >= 15 is 0 Å². The van der Waals surface area contributed by atoms with E-state index in [1.807, 2.05) is 18.2 Å². The van der Waals surface area contributed by atoms with Crippen molar-refractivity contribution >= 4 is 56.7 Å². The number of hydrogen-bond donors (Lipinski definition) is 0. The predicted molar refractivity (Wildman–Crippen MR) is 126 cm³/mol. The van der Waals surface area contributed by atoms with Crippen molar-refractivity contribution in [3.63, 3.8) is 0 Å². The molecule has 0 spiro atoms. The van der Waals surface area contributed by atoms with Crippen LogP contribution in [0.2, 0.25) is 10.0 Å². The molecule has 1 aliphatic rings. The molecule has 0 radical (unpaired) electrons. The van der Waals surface area contributed by atoms with E-state index in [2.05, 4.69) is 5.10 Å². The topological polar surface area (TPSA) is 76.0 Å². The summed E-state index contributed by atoms with van der Waals surface area (Å²) >= 11 is 12.1. The maximum Gasteiger partial charge on any atom is 0.339 e. The van der Waals surface area contributed by atoms with Crippen LogP contribution < -0.4 is 9.19 Å². The maximum atomic E-state index is 12.8. The van der Waals surface area contributed by atoms with Gasteiger partial charge in [0, 0.05) is 5.02 Å². The van der Waals surface area contributed by atoms with Crippen molar-refractivity contribution in [2.24, 2.45) is 5.10 Å². The quantitative estimate of drug-likeness (QED) is 0.349. The molecular formula is C23H16Cl2N2O4S. The molecule has 0 saturated heterocycles. The number of halogens is 2. The number of nitrogens with zero attached hydrogens (tertiary/aromatic N) is 2. The highest BCUT2D eigenvalue weighted by atomic mass is 35.5. The lowest BCUT2D eigenvalue weighted by Gasteiger charge is -2.11. The Bertz CT molecular complexity index is 1350. The summed E-state index contributed by atoms with van der Waals surface area (Å²) in [7, 11) is -4.08. The Morgan fingerprint density at radius 3 is 2.31 bits per heavy atom. The van der Waals surface area contributed by atoms with Crippen molar-refractivity contribution < 1.29 is 17.4 Å². The standard InChI is InChI=1S/C23H16Cl2N2O4S/c1-15-20(23(28)27(26-15)18-5-3-2-4-6-18)13-16-7-12-22(21(25)14-16)31-32(29,30)19-10-8-17(24)9-11-19/h2-14H,1H3/b20-13+. The van der Waals surface area contributed by atoms with Crippen LogP contribution in [0, 0.1) is 0 Å². The molecule has 3 aromatic rings.